The molecular formula is C14H15NO5S. The monoisotopic (exact) mass is 309 g/mol. The Hall–Kier alpha value is -2.15. The lowest BCUT2D eigenvalue weighted by molar-refractivity contribution is 0.0694. The fourth-order valence-corrected chi connectivity index (χ4v) is 2.26. The average Bonchev–Trinajstić information content (AvgIpc) is 3.03. The van der Waals surface area contributed by atoms with Crippen molar-refractivity contribution in [2.75, 3.05) is 6.26 Å². The summed E-state index contributed by atoms with van der Waals surface area (Å²) in [5, 5.41) is 11.5. The van der Waals surface area contributed by atoms with Gasteiger partial charge < -0.3 is 19.3 Å². The maximum absolute atomic E-state index is 11.9. The summed E-state index contributed by atoms with van der Waals surface area (Å²) < 4.78 is 10.7. The molecule has 2 aromatic heterocycles. The van der Waals surface area contributed by atoms with E-state index in [1.165, 1.54) is 6.07 Å². The van der Waals surface area contributed by atoms with Gasteiger partial charge in [-0.25, -0.2) is 4.79 Å². The van der Waals surface area contributed by atoms with Gasteiger partial charge in [-0.15, -0.1) is 0 Å². The molecule has 0 bridgehead atoms. The normalized spacial score (nSPS) is 10.6. The van der Waals surface area contributed by atoms with Gasteiger partial charge in [-0.2, -0.15) is 11.8 Å². The Bertz CT molecular complexity index is 658. The number of nitrogens with one attached hydrogen (secondary N) is 1. The van der Waals surface area contributed by atoms with Crippen molar-refractivity contribution < 1.29 is 23.5 Å². The molecule has 0 radical (unpaired) electrons. The zero-order chi connectivity index (χ0) is 15.4. The standard InChI is InChI=1S/C14H15NO5S/c1-8-11(14(17)18)5-10(19-8)6-15-13(16)12-4-3-9(20-12)7-21-2/h3-5H,6-7H2,1-2H3,(H,15,16)(H,17,18). The molecule has 0 aliphatic rings. The summed E-state index contributed by atoms with van der Waals surface area (Å²) in [5.74, 6) is 0.929. The third kappa shape index (κ3) is 3.69. The number of hydrogen-bond acceptors (Lipinski definition) is 5. The summed E-state index contributed by atoms with van der Waals surface area (Å²) in [6, 6.07) is 4.77. The van der Waals surface area contributed by atoms with Crippen LogP contribution in [0.2, 0.25) is 0 Å². The van der Waals surface area contributed by atoms with Gasteiger partial charge in [0.25, 0.3) is 5.91 Å². The van der Waals surface area contributed by atoms with Gasteiger partial charge >= 0.3 is 5.97 Å². The lowest BCUT2D eigenvalue weighted by Gasteiger charge is -2.00. The molecule has 0 fully saturated rings. The van der Waals surface area contributed by atoms with E-state index in [1.54, 1.807) is 30.8 Å². The Kier molecular flexibility index (Phi) is 4.74. The van der Waals surface area contributed by atoms with E-state index in [0.717, 1.165) is 5.76 Å². The molecule has 21 heavy (non-hydrogen) atoms. The molecule has 6 nitrogen and oxygen atoms in total. The summed E-state index contributed by atoms with van der Waals surface area (Å²) in [5.41, 5.74) is 0.0968. The summed E-state index contributed by atoms with van der Waals surface area (Å²) in [6.45, 7) is 1.67. The van der Waals surface area contributed by atoms with Crippen LogP contribution in [-0.2, 0) is 12.3 Å². The van der Waals surface area contributed by atoms with Crippen molar-refractivity contribution in [1.82, 2.24) is 5.32 Å². The number of hydrogen-bond donors (Lipinski definition) is 2. The van der Waals surface area contributed by atoms with Gasteiger partial charge in [0.2, 0.25) is 0 Å². The molecule has 2 heterocycles. The van der Waals surface area contributed by atoms with Gasteiger partial charge in [-0.05, 0) is 31.4 Å². The fraction of sp³-hybridized carbons (Fsp3) is 0.286. The Morgan fingerprint density at radius 2 is 2.05 bits per heavy atom. The number of carbonyl (C=O) groups is 2. The van der Waals surface area contributed by atoms with Crippen LogP contribution < -0.4 is 5.32 Å². The average molecular weight is 309 g/mol. The number of carbonyl (C=O) groups excluding carboxylic acids is 1. The number of aryl methyl sites for hydroxylation is 1. The zero-order valence-corrected chi connectivity index (χ0v) is 12.5. The van der Waals surface area contributed by atoms with Crippen LogP contribution in [0.3, 0.4) is 0 Å². The van der Waals surface area contributed by atoms with Gasteiger partial charge in [-0.1, -0.05) is 0 Å². The molecule has 7 heteroatoms. The van der Waals surface area contributed by atoms with Gasteiger partial charge in [0, 0.05) is 0 Å². The summed E-state index contributed by atoms with van der Waals surface area (Å²) in [6.07, 6.45) is 1.95. The van der Waals surface area contributed by atoms with E-state index in [1.807, 2.05) is 6.26 Å². The molecule has 0 saturated carbocycles. The number of amides is 1. The van der Waals surface area contributed by atoms with E-state index in [2.05, 4.69) is 5.32 Å². The molecule has 0 aromatic carbocycles. The van der Waals surface area contributed by atoms with E-state index < -0.39 is 5.97 Å². The second-order valence-electron chi connectivity index (χ2n) is 4.37. The number of furan rings is 2. The van der Waals surface area contributed by atoms with Crippen molar-refractivity contribution in [3.05, 3.63) is 46.8 Å². The maximum atomic E-state index is 11.9. The third-order valence-corrected chi connectivity index (χ3v) is 3.37. The molecule has 0 unspecified atom stereocenters. The highest BCUT2D eigenvalue weighted by molar-refractivity contribution is 7.97. The molecule has 1 amide bonds. The first-order chi connectivity index (χ1) is 10.0. The van der Waals surface area contributed by atoms with E-state index in [9.17, 15) is 9.59 Å². The predicted octanol–water partition coefficient (Wildman–Crippen LogP) is 2.67. The van der Waals surface area contributed by atoms with Crippen LogP contribution >= 0.6 is 11.8 Å². The lowest BCUT2D eigenvalue weighted by atomic mass is 10.2. The number of rotatable bonds is 6. The summed E-state index contributed by atoms with van der Waals surface area (Å²) in [4.78, 5) is 22.8. The Balaban J connectivity index is 1.97. The Labute approximate surface area is 125 Å². The highest BCUT2D eigenvalue weighted by atomic mass is 32.2. The van der Waals surface area contributed by atoms with Gasteiger partial charge in [0.1, 0.15) is 22.8 Å². The van der Waals surface area contributed by atoms with Gasteiger partial charge in [0.05, 0.1) is 12.3 Å². The number of aromatic carboxylic acids is 1. The van der Waals surface area contributed by atoms with Crippen LogP contribution in [0.25, 0.3) is 0 Å². The number of carboxylic acid groups (broad SMARTS) is 1. The first-order valence-corrected chi connectivity index (χ1v) is 7.59. The largest absolute Gasteiger partial charge is 0.478 e. The maximum Gasteiger partial charge on any atom is 0.339 e. The number of thioether (sulfide) groups is 1. The minimum atomic E-state index is -1.05. The lowest BCUT2D eigenvalue weighted by Crippen LogP contribution is -2.21. The van der Waals surface area contributed by atoms with Gasteiger partial charge in [-0.3, -0.25) is 4.79 Å². The fourth-order valence-electron chi connectivity index (χ4n) is 1.82. The molecule has 2 N–H and O–H groups in total. The summed E-state index contributed by atoms with van der Waals surface area (Å²) >= 11 is 1.60. The molecule has 0 aliphatic heterocycles. The minimum absolute atomic E-state index is 0.0968. The van der Waals surface area contributed by atoms with E-state index in [-0.39, 0.29) is 23.8 Å². The molecule has 2 aromatic rings. The number of carboxylic acids is 1. The van der Waals surface area contributed by atoms with Gasteiger partial charge in [0.15, 0.2) is 5.76 Å². The van der Waals surface area contributed by atoms with Crippen molar-refractivity contribution in [1.29, 1.82) is 0 Å². The topological polar surface area (TPSA) is 92.7 Å². The zero-order valence-electron chi connectivity index (χ0n) is 11.6. The summed E-state index contributed by atoms with van der Waals surface area (Å²) in [7, 11) is 0. The van der Waals surface area contributed by atoms with E-state index in [0.29, 0.717) is 17.3 Å². The van der Waals surface area contributed by atoms with Crippen molar-refractivity contribution in [3.63, 3.8) is 0 Å². The highest BCUT2D eigenvalue weighted by Crippen LogP contribution is 2.16. The highest BCUT2D eigenvalue weighted by Gasteiger charge is 2.15. The molecular weight excluding hydrogens is 294 g/mol. The quantitative estimate of drug-likeness (QED) is 0.852. The smallest absolute Gasteiger partial charge is 0.339 e. The Morgan fingerprint density at radius 3 is 2.67 bits per heavy atom. The van der Waals surface area contributed by atoms with E-state index in [4.69, 9.17) is 13.9 Å². The van der Waals surface area contributed by atoms with Crippen LogP contribution in [-0.4, -0.2) is 23.2 Å². The third-order valence-electron chi connectivity index (χ3n) is 2.79. The molecule has 0 spiro atoms. The SMILES string of the molecule is CSCc1ccc(C(=O)NCc2cc(C(=O)O)c(C)o2)o1. The van der Waals surface area contributed by atoms with E-state index >= 15 is 0 Å². The predicted molar refractivity (Wildman–Crippen MR) is 77.5 cm³/mol. The van der Waals surface area contributed by atoms with Crippen molar-refractivity contribution in [3.8, 4) is 0 Å². The Morgan fingerprint density at radius 1 is 1.29 bits per heavy atom. The first-order valence-electron chi connectivity index (χ1n) is 6.19. The molecule has 0 saturated heterocycles. The van der Waals surface area contributed by atoms with Crippen LogP contribution in [0, 0.1) is 6.92 Å². The second kappa shape index (κ2) is 6.53. The van der Waals surface area contributed by atoms with Crippen LogP contribution in [0.5, 0.6) is 0 Å². The first kappa shape index (κ1) is 15.2. The molecule has 0 atom stereocenters. The minimum Gasteiger partial charge on any atom is -0.478 e. The van der Waals surface area contributed by atoms with Crippen LogP contribution in [0.4, 0.5) is 0 Å². The van der Waals surface area contributed by atoms with Crippen LogP contribution in [0.1, 0.15) is 38.2 Å². The second-order valence-corrected chi connectivity index (χ2v) is 5.24. The van der Waals surface area contributed by atoms with Crippen molar-refractivity contribution in [2.45, 2.75) is 19.2 Å². The molecule has 0 aliphatic carbocycles. The van der Waals surface area contributed by atoms with Crippen molar-refractivity contribution >= 4 is 23.6 Å². The van der Waals surface area contributed by atoms with Crippen molar-refractivity contribution in [2.24, 2.45) is 0 Å². The van der Waals surface area contributed by atoms with Crippen LogP contribution in [0.15, 0.2) is 27.0 Å². The molecule has 112 valence electrons. The molecule has 2 rings (SSSR count).